The second-order valence-corrected chi connectivity index (χ2v) is 7.52. The maximum atomic E-state index is 13.1. The van der Waals surface area contributed by atoms with Gasteiger partial charge in [-0.1, -0.05) is 60.5 Å². The fraction of sp³-hybridized carbons (Fsp3) is 0.458. The number of likely N-dealkylation sites (N-methyl/N-ethyl adjacent to an activating group) is 1. The summed E-state index contributed by atoms with van der Waals surface area (Å²) >= 11 is 0. The van der Waals surface area contributed by atoms with E-state index < -0.39 is 0 Å². The molecule has 1 heterocycles. The quantitative estimate of drug-likeness (QED) is 0.729. The maximum Gasteiger partial charge on any atom is 0.239 e. The Morgan fingerprint density at radius 1 is 1.07 bits per heavy atom. The van der Waals surface area contributed by atoms with Gasteiger partial charge >= 0.3 is 0 Å². The predicted molar refractivity (Wildman–Crippen MR) is 113 cm³/mol. The Morgan fingerprint density at radius 3 is 2.52 bits per heavy atom. The number of likely N-dealkylation sites (tertiary alicyclic amines) is 1. The van der Waals surface area contributed by atoms with Crippen molar-refractivity contribution in [3.8, 4) is 11.1 Å². The molecule has 0 spiro atoms. The monoisotopic (exact) mass is 364 g/mol. The van der Waals surface area contributed by atoms with Gasteiger partial charge in [-0.05, 0) is 56.8 Å². The second kappa shape index (κ2) is 9.18. The van der Waals surface area contributed by atoms with E-state index in [4.69, 9.17) is 0 Å². The topological polar surface area (TPSA) is 23.6 Å². The van der Waals surface area contributed by atoms with Crippen molar-refractivity contribution in [2.45, 2.75) is 52.6 Å². The van der Waals surface area contributed by atoms with Gasteiger partial charge in [-0.3, -0.25) is 9.69 Å². The summed E-state index contributed by atoms with van der Waals surface area (Å²) in [6, 6.07) is 17.3. The molecule has 0 saturated carbocycles. The lowest BCUT2D eigenvalue weighted by atomic mass is 9.95. The minimum absolute atomic E-state index is 0.0165. The van der Waals surface area contributed by atoms with Gasteiger partial charge in [-0.15, -0.1) is 0 Å². The molecule has 0 N–H and O–H groups in total. The number of carbonyl (C=O) groups excluding carboxylic acids is 1. The number of hydrogen-bond acceptors (Lipinski definition) is 2. The van der Waals surface area contributed by atoms with Crippen molar-refractivity contribution in [3.63, 3.8) is 0 Å². The molecule has 0 radical (unpaired) electrons. The molecule has 0 aromatic heterocycles. The zero-order valence-electron chi connectivity index (χ0n) is 16.9. The predicted octanol–water partition coefficient (Wildman–Crippen LogP) is 4.88. The van der Waals surface area contributed by atoms with Gasteiger partial charge in [0.25, 0.3) is 0 Å². The molecule has 144 valence electrons. The number of carbonyl (C=O) groups is 1. The van der Waals surface area contributed by atoms with Gasteiger partial charge in [0.1, 0.15) is 0 Å². The summed E-state index contributed by atoms with van der Waals surface area (Å²) in [7, 11) is 0. The van der Waals surface area contributed by atoms with Crippen LogP contribution in [0.2, 0.25) is 0 Å². The van der Waals surface area contributed by atoms with Crippen LogP contribution in [0.15, 0.2) is 48.5 Å². The van der Waals surface area contributed by atoms with Crippen LogP contribution in [0.25, 0.3) is 11.1 Å². The van der Waals surface area contributed by atoms with Gasteiger partial charge < -0.3 is 4.90 Å². The molecule has 1 fully saturated rings. The van der Waals surface area contributed by atoms with E-state index in [1.165, 1.54) is 28.7 Å². The van der Waals surface area contributed by atoms with Crippen molar-refractivity contribution in [3.05, 3.63) is 59.7 Å². The van der Waals surface area contributed by atoms with Crippen LogP contribution >= 0.6 is 0 Å². The Bertz CT molecular complexity index is 752. The van der Waals surface area contributed by atoms with Crippen molar-refractivity contribution in [1.82, 2.24) is 9.80 Å². The fourth-order valence-electron chi connectivity index (χ4n) is 4.18. The maximum absolute atomic E-state index is 13.1. The Labute approximate surface area is 164 Å². The van der Waals surface area contributed by atoms with Gasteiger partial charge in [0.15, 0.2) is 0 Å². The highest BCUT2D eigenvalue weighted by molar-refractivity contribution is 5.82. The molecule has 1 unspecified atom stereocenters. The summed E-state index contributed by atoms with van der Waals surface area (Å²) in [6.45, 7) is 9.71. The van der Waals surface area contributed by atoms with Crippen molar-refractivity contribution in [2.24, 2.45) is 0 Å². The van der Waals surface area contributed by atoms with Crippen molar-refractivity contribution < 1.29 is 4.79 Å². The molecule has 0 aliphatic carbocycles. The van der Waals surface area contributed by atoms with Gasteiger partial charge in [-0.2, -0.15) is 0 Å². The van der Waals surface area contributed by atoms with Crippen LogP contribution in [-0.2, 0) is 11.3 Å². The minimum atomic E-state index is 0.0165. The van der Waals surface area contributed by atoms with E-state index in [0.717, 1.165) is 39.0 Å². The van der Waals surface area contributed by atoms with E-state index in [-0.39, 0.29) is 6.04 Å². The Morgan fingerprint density at radius 2 is 1.81 bits per heavy atom. The molecule has 2 aromatic rings. The zero-order chi connectivity index (χ0) is 19.2. The Hall–Kier alpha value is -2.13. The molecule has 27 heavy (non-hydrogen) atoms. The summed E-state index contributed by atoms with van der Waals surface area (Å²) < 4.78 is 0. The number of piperidine rings is 1. The Kier molecular flexibility index (Phi) is 6.68. The fourth-order valence-corrected chi connectivity index (χ4v) is 4.18. The molecule has 1 amide bonds. The lowest BCUT2D eigenvalue weighted by Gasteiger charge is -2.37. The molecule has 3 heteroatoms. The standard InChI is InChI=1S/C24H32N2O/c1-4-25(5-2)24(27)23-13-9-10-16-26(23)18-21-17-19(3)14-15-22(21)20-11-7-6-8-12-20/h6-8,11-12,14-15,17,23H,4-5,9-10,13,16,18H2,1-3H3. The largest absolute Gasteiger partial charge is 0.342 e. The van der Waals surface area contributed by atoms with E-state index in [1.54, 1.807) is 0 Å². The van der Waals surface area contributed by atoms with Gasteiger partial charge in [0.2, 0.25) is 5.91 Å². The van der Waals surface area contributed by atoms with E-state index in [9.17, 15) is 4.79 Å². The van der Waals surface area contributed by atoms with Crippen molar-refractivity contribution in [1.29, 1.82) is 0 Å². The first-order valence-corrected chi connectivity index (χ1v) is 10.3. The number of rotatable bonds is 6. The number of benzene rings is 2. The molecule has 3 rings (SSSR count). The lowest BCUT2D eigenvalue weighted by Crippen LogP contribution is -2.50. The molecule has 2 aromatic carbocycles. The smallest absolute Gasteiger partial charge is 0.239 e. The molecular weight excluding hydrogens is 332 g/mol. The molecule has 0 bridgehead atoms. The molecule has 3 nitrogen and oxygen atoms in total. The number of hydrogen-bond donors (Lipinski definition) is 0. The minimum Gasteiger partial charge on any atom is -0.342 e. The highest BCUT2D eigenvalue weighted by Gasteiger charge is 2.31. The molecule has 1 aliphatic heterocycles. The second-order valence-electron chi connectivity index (χ2n) is 7.52. The van der Waals surface area contributed by atoms with E-state index in [1.807, 2.05) is 4.90 Å². The van der Waals surface area contributed by atoms with Crippen molar-refractivity contribution >= 4 is 5.91 Å². The normalized spacial score (nSPS) is 17.7. The Balaban J connectivity index is 1.88. The molecule has 1 saturated heterocycles. The molecular formula is C24H32N2O. The number of aryl methyl sites for hydroxylation is 1. The lowest BCUT2D eigenvalue weighted by molar-refractivity contribution is -0.138. The SMILES string of the molecule is CCN(CC)C(=O)C1CCCCN1Cc1cc(C)ccc1-c1ccccc1. The number of amides is 1. The van der Waals surface area contributed by atoms with E-state index in [0.29, 0.717) is 5.91 Å². The van der Waals surface area contributed by atoms with Crippen LogP contribution < -0.4 is 0 Å². The molecule has 1 aliphatic rings. The first kappa shape index (κ1) is 19.6. The first-order valence-electron chi connectivity index (χ1n) is 10.3. The summed E-state index contributed by atoms with van der Waals surface area (Å²) in [5.74, 6) is 0.300. The highest BCUT2D eigenvalue weighted by atomic mass is 16.2. The summed E-state index contributed by atoms with van der Waals surface area (Å²) in [4.78, 5) is 17.5. The third-order valence-corrected chi connectivity index (χ3v) is 5.69. The van der Waals surface area contributed by atoms with Crippen LogP contribution in [0.4, 0.5) is 0 Å². The molecule has 1 atom stereocenters. The number of nitrogens with zero attached hydrogens (tertiary/aromatic N) is 2. The van der Waals surface area contributed by atoms with Crippen LogP contribution in [0, 0.1) is 6.92 Å². The van der Waals surface area contributed by atoms with E-state index in [2.05, 4.69) is 74.2 Å². The average molecular weight is 365 g/mol. The third-order valence-electron chi connectivity index (χ3n) is 5.69. The highest BCUT2D eigenvalue weighted by Crippen LogP contribution is 2.28. The zero-order valence-corrected chi connectivity index (χ0v) is 16.9. The van der Waals surface area contributed by atoms with Crippen LogP contribution in [0.5, 0.6) is 0 Å². The third kappa shape index (κ3) is 4.59. The summed E-state index contributed by atoms with van der Waals surface area (Å²) in [5, 5.41) is 0. The summed E-state index contributed by atoms with van der Waals surface area (Å²) in [5.41, 5.74) is 5.12. The van der Waals surface area contributed by atoms with Gasteiger partial charge in [0.05, 0.1) is 6.04 Å². The first-order chi connectivity index (χ1) is 13.1. The van der Waals surface area contributed by atoms with Gasteiger partial charge in [0, 0.05) is 19.6 Å². The van der Waals surface area contributed by atoms with Gasteiger partial charge in [-0.25, -0.2) is 0 Å². The van der Waals surface area contributed by atoms with Crippen LogP contribution in [0.3, 0.4) is 0 Å². The van der Waals surface area contributed by atoms with Crippen LogP contribution in [-0.4, -0.2) is 41.4 Å². The van der Waals surface area contributed by atoms with Crippen LogP contribution in [0.1, 0.15) is 44.2 Å². The average Bonchev–Trinajstić information content (AvgIpc) is 2.70. The summed E-state index contributed by atoms with van der Waals surface area (Å²) in [6.07, 6.45) is 3.30. The van der Waals surface area contributed by atoms with Crippen molar-refractivity contribution in [2.75, 3.05) is 19.6 Å². The van der Waals surface area contributed by atoms with E-state index >= 15 is 0 Å².